The zero-order valence-corrected chi connectivity index (χ0v) is 24.5. The first kappa shape index (κ1) is 28.4. The van der Waals surface area contributed by atoms with Crippen LogP contribution in [0.1, 0.15) is 31.2 Å². The van der Waals surface area contributed by atoms with E-state index in [9.17, 15) is 14.4 Å². The van der Waals surface area contributed by atoms with Gasteiger partial charge in [-0.1, -0.05) is 46.7 Å². The molecule has 210 valence electrons. The summed E-state index contributed by atoms with van der Waals surface area (Å²) in [5.41, 5.74) is 1.33. The summed E-state index contributed by atoms with van der Waals surface area (Å²) >= 11 is 13.6. The molecule has 0 amide bonds. The SMILES string of the molecule is COC(=O)C1=C(C)N=c2s/c(=C\c3ccc(-c4cccc(Cl)c4Cl)o3)c(=O)n2C1c1ccc(OC(C)=O)c(OC)c1. The minimum absolute atomic E-state index is 0.185. The lowest BCUT2D eigenvalue weighted by atomic mass is 9.95. The number of carbonyl (C=O) groups is 2. The number of aromatic nitrogens is 1. The smallest absolute Gasteiger partial charge is 0.338 e. The zero-order chi connectivity index (χ0) is 29.4. The lowest BCUT2D eigenvalue weighted by Gasteiger charge is -2.25. The molecule has 1 atom stereocenters. The summed E-state index contributed by atoms with van der Waals surface area (Å²) in [6.07, 6.45) is 1.60. The molecule has 0 saturated carbocycles. The second-order valence-corrected chi connectivity index (χ2v) is 10.7. The summed E-state index contributed by atoms with van der Waals surface area (Å²) in [5.74, 6) is 0.190. The molecule has 5 rings (SSSR count). The Labute approximate surface area is 247 Å². The van der Waals surface area contributed by atoms with Crippen LogP contribution in [0.15, 0.2) is 74.0 Å². The standard InChI is InChI=1S/C29H22Cl2N2O7S/c1-14-24(28(36)38-4)26(16-8-10-21(39-15(2)34)22(12-16)37-3)33-27(35)23(41-29(33)32-14)13-17-9-11-20(40-17)18-6-5-7-19(30)25(18)31/h5-13,26H,1-4H3/b23-13-. The van der Waals surface area contributed by atoms with Crippen molar-refractivity contribution in [2.24, 2.45) is 4.99 Å². The molecule has 0 aliphatic carbocycles. The Morgan fingerprint density at radius 1 is 1.10 bits per heavy atom. The first-order valence-corrected chi connectivity index (χ1v) is 13.7. The number of rotatable bonds is 6. The van der Waals surface area contributed by atoms with Gasteiger partial charge in [-0.05, 0) is 48.9 Å². The number of furan rings is 1. The maximum atomic E-state index is 13.8. The van der Waals surface area contributed by atoms with Gasteiger partial charge in [-0.15, -0.1) is 0 Å². The van der Waals surface area contributed by atoms with Gasteiger partial charge in [0, 0.05) is 18.6 Å². The van der Waals surface area contributed by atoms with Crippen LogP contribution >= 0.6 is 34.5 Å². The molecule has 0 spiro atoms. The van der Waals surface area contributed by atoms with Crippen molar-refractivity contribution >= 4 is 52.6 Å². The van der Waals surface area contributed by atoms with E-state index in [1.54, 1.807) is 61.5 Å². The predicted octanol–water partition coefficient (Wildman–Crippen LogP) is 4.91. The number of allylic oxidation sites excluding steroid dienone is 1. The third-order valence-corrected chi connectivity index (χ3v) is 8.10. The van der Waals surface area contributed by atoms with Crippen LogP contribution in [0.5, 0.6) is 11.5 Å². The van der Waals surface area contributed by atoms with Gasteiger partial charge >= 0.3 is 11.9 Å². The van der Waals surface area contributed by atoms with E-state index in [-0.39, 0.29) is 17.1 Å². The Balaban J connectivity index is 1.65. The Kier molecular flexibility index (Phi) is 7.90. The molecule has 4 aromatic rings. The van der Waals surface area contributed by atoms with Crippen LogP contribution in [-0.2, 0) is 14.3 Å². The second-order valence-electron chi connectivity index (χ2n) is 8.88. The second kappa shape index (κ2) is 11.4. The first-order valence-electron chi connectivity index (χ1n) is 12.1. The van der Waals surface area contributed by atoms with Gasteiger partial charge in [0.05, 0.1) is 46.1 Å². The van der Waals surface area contributed by atoms with Crippen molar-refractivity contribution in [3.8, 4) is 22.8 Å². The molecule has 1 aliphatic heterocycles. The fourth-order valence-electron chi connectivity index (χ4n) is 4.50. The van der Waals surface area contributed by atoms with Crippen molar-refractivity contribution < 1.29 is 28.2 Å². The van der Waals surface area contributed by atoms with Crippen molar-refractivity contribution in [1.82, 2.24) is 4.57 Å². The molecule has 0 N–H and O–H groups in total. The number of esters is 2. The highest BCUT2D eigenvalue weighted by atomic mass is 35.5. The number of nitrogens with zero attached hydrogens (tertiary/aromatic N) is 2. The maximum Gasteiger partial charge on any atom is 0.338 e. The van der Waals surface area contributed by atoms with E-state index in [2.05, 4.69) is 4.99 Å². The topological polar surface area (TPSA) is 109 Å². The highest BCUT2D eigenvalue weighted by molar-refractivity contribution is 7.07. The van der Waals surface area contributed by atoms with E-state index in [4.69, 9.17) is 41.8 Å². The molecule has 9 nitrogen and oxygen atoms in total. The van der Waals surface area contributed by atoms with Crippen molar-refractivity contribution in [3.05, 3.63) is 101 Å². The number of halogens is 2. The number of fused-ring (bicyclic) bond motifs is 1. The third kappa shape index (κ3) is 5.33. The normalized spacial score (nSPS) is 14.9. The Hall–Kier alpha value is -4.12. The van der Waals surface area contributed by atoms with Crippen LogP contribution in [-0.4, -0.2) is 30.7 Å². The number of carbonyl (C=O) groups excluding carboxylic acids is 2. The molecule has 1 unspecified atom stereocenters. The van der Waals surface area contributed by atoms with Crippen LogP contribution < -0.4 is 24.4 Å². The molecule has 0 radical (unpaired) electrons. The van der Waals surface area contributed by atoms with Gasteiger partial charge in [0.1, 0.15) is 11.5 Å². The summed E-state index contributed by atoms with van der Waals surface area (Å²) in [4.78, 5) is 43.2. The summed E-state index contributed by atoms with van der Waals surface area (Å²) in [6.45, 7) is 2.95. The summed E-state index contributed by atoms with van der Waals surface area (Å²) in [6, 6.07) is 12.6. The Bertz CT molecular complexity index is 1920. The van der Waals surface area contributed by atoms with Crippen molar-refractivity contribution in [2.45, 2.75) is 19.9 Å². The quantitative estimate of drug-likeness (QED) is 0.225. The van der Waals surface area contributed by atoms with Gasteiger partial charge in [-0.3, -0.25) is 14.2 Å². The van der Waals surface area contributed by atoms with Crippen LogP contribution in [0.4, 0.5) is 0 Å². The summed E-state index contributed by atoms with van der Waals surface area (Å²) in [7, 11) is 2.68. The highest BCUT2D eigenvalue weighted by Crippen LogP contribution is 2.37. The van der Waals surface area contributed by atoms with E-state index in [1.165, 1.54) is 25.7 Å². The van der Waals surface area contributed by atoms with E-state index in [0.29, 0.717) is 47.7 Å². The van der Waals surface area contributed by atoms with Gasteiger partial charge in [-0.25, -0.2) is 9.79 Å². The summed E-state index contributed by atoms with van der Waals surface area (Å²) in [5, 5.41) is 0.750. The first-order chi connectivity index (χ1) is 19.6. The monoisotopic (exact) mass is 612 g/mol. The van der Waals surface area contributed by atoms with E-state index >= 15 is 0 Å². The van der Waals surface area contributed by atoms with Crippen LogP contribution in [0.25, 0.3) is 17.4 Å². The number of benzene rings is 2. The lowest BCUT2D eigenvalue weighted by Crippen LogP contribution is -2.39. The van der Waals surface area contributed by atoms with E-state index < -0.39 is 23.5 Å². The fraction of sp³-hybridized carbons (Fsp3) is 0.172. The molecule has 1 aliphatic rings. The van der Waals surface area contributed by atoms with Crippen molar-refractivity contribution in [1.29, 1.82) is 0 Å². The molecule has 0 fully saturated rings. The molecule has 0 saturated heterocycles. The molecule has 2 aromatic heterocycles. The van der Waals surface area contributed by atoms with Crippen LogP contribution in [0, 0.1) is 0 Å². The van der Waals surface area contributed by atoms with Gasteiger partial charge < -0.3 is 18.6 Å². The highest BCUT2D eigenvalue weighted by Gasteiger charge is 2.33. The van der Waals surface area contributed by atoms with Crippen LogP contribution in [0.2, 0.25) is 10.0 Å². The minimum Gasteiger partial charge on any atom is -0.493 e. The fourth-order valence-corrected chi connectivity index (χ4v) is 5.92. The number of methoxy groups -OCH3 is 2. The van der Waals surface area contributed by atoms with Gasteiger partial charge in [-0.2, -0.15) is 0 Å². The van der Waals surface area contributed by atoms with E-state index in [1.807, 2.05) is 0 Å². The molecular formula is C29H22Cl2N2O7S. The Morgan fingerprint density at radius 3 is 2.59 bits per heavy atom. The number of hydrogen-bond acceptors (Lipinski definition) is 9. The zero-order valence-electron chi connectivity index (χ0n) is 22.2. The molecule has 12 heteroatoms. The molecule has 3 heterocycles. The number of thiazole rings is 1. The predicted molar refractivity (Wildman–Crippen MR) is 154 cm³/mol. The average Bonchev–Trinajstić information content (AvgIpc) is 3.53. The van der Waals surface area contributed by atoms with Gasteiger partial charge in [0.25, 0.3) is 5.56 Å². The average molecular weight is 613 g/mol. The van der Waals surface area contributed by atoms with Crippen LogP contribution in [0.3, 0.4) is 0 Å². The Morgan fingerprint density at radius 2 is 1.88 bits per heavy atom. The van der Waals surface area contributed by atoms with Crippen molar-refractivity contribution in [2.75, 3.05) is 14.2 Å². The lowest BCUT2D eigenvalue weighted by molar-refractivity contribution is -0.136. The molecule has 41 heavy (non-hydrogen) atoms. The maximum absolute atomic E-state index is 13.8. The minimum atomic E-state index is -0.890. The molecule has 2 aromatic carbocycles. The molecular weight excluding hydrogens is 591 g/mol. The largest absolute Gasteiger partial charge is 0.493 e. The van der Waals surface area contributed by atoms with Gasteiger partial charge in [0.15, 0.2) is 16.3 Å². The number of ether oxygens (including phenoxy) is 3. The van der Waals surface area contributed by atoms with Crippen molar-refractivity contribution in [3.63, 3.8) is 0 Å². The molecule has 0 bridgehead atoms. The number of hydrogen-bond donors (Lipinski definition) is 0. The summed E-state index contributed by atoms with van der Waals surface area (Å²) < 4.78 is 23.4. The van der Waals surface area contributed by atoms with Gasteiger partial charge in [0.2, 0.25) is 0 Å². The van der Waals surface area contributed by atoms with E-state index in [0.717, 1.165) is 11.3 Å². The third-order valence-electron chi connectivity index (χ3n) is 6.30.